The predicted molar refractivity (Wildman–Crippen MR) is 153 cm³/mol. The summed E-state index contributed by atoms with van der Waals surface area (Å²) in [6.07, 6.45) is 0.971. The second-order valence-electron chi connectivity index (χ2n) is 11.2. The van der Waals surface area contributed by atoms with Gasteiger partial charge in [-0.25, -0.2) is 13.9 Å². The van der Waals surface area contributed by atoms with Gasteiger partial charge in [-0.3, -0.25) is 10.1 Å². The fraction of sp³-hybridized carbons (Fsp3) is 0.258. The summed E-state index contributed by atoms with van der Waals surface area (Å²) >= 11 is 0. The van der Waals surface area contributed by atoms with Crippen LogP contribution in [0.4, 0.5) is 20.7 Å². The molecule has 0 bridgehead atoms. The van der Waals surface area contributed by atoms with Crippen LogP contribution in [0.15, 0.2) is 60.7 Å². The number of carbonyl (C=O) groups is 2. The molecule has 0 unspecified atom stereocenters. The van der Waals surface area contributed by atoms with Crippen LogP contribution in [0.5, 0.6) is 0 Å². The van der Waals surface area contributed by atoms with E-state index in [0.29, 0.717) is 23.5 Å². The molecule has 9 heteroatoms. The molecule has 2 aliphatic rings. The Morgan fingerprint density at radius 2 is 1.80 bits per heavy atom. The van der Waals surface area contributed by atoms with Crippen LogP contribution >= 0.6 is 0 Å². The van der Waals surface area contributed by atoms with Gasteiger partial charge in [0, 0.05) is 30.1 Å². The predicted octanol–water partition coefficient (Wildman–Crippen LogP) is 5.51. The number of benzene rings is 3. The summed E-state index contributed by atoms with van der Waals surface area (Å²) in [6.45, 7) is 8.32. The average Bonchev–Trinajstić information content (AvgIpc) is 3.53. The lowest BCUT2D eigenvalue weighted by atomic mass is 9.92. The van der Waals surface area contributed by atoms with Crippen LogP contribution in [0.2, 0.25) is 0 Å². The molecular formula is C31H31FN6O2. The lowest BCUT2D eigenvalue weighted by Crippen LogP contribution is -2.24. The van der Waals surface area contributed by atoms with Crippen molar-refractivity contribution in [1.82, 2.24) is 20.4 Å². The number of hydrogen-bond acceptors (Lipinski definition) is 4. The summed E-state index contributed by atoms with van der Waals surface area (Å²) in [5.74, 6) is -0.210. The van der Waals surface area contributed by atoms with Crippen molar-refractivity contribution in [3.63, 3.8) is 0 Å². The molecule has 0 aliphatic carbocycles. The van der Waals surface area contributed by atoms with E-state index in [-0.39, 0.29) is 17.0 Å². The summed E-state index contributed by atoms with van der Waals surface area (Å²) in [5.41, 5.74) is 6.92. The zero-order chi connectivity index (χ0) is 28.0. The number of carbonyl (C=O) groups excluding carboxylic acids is 2. The second kappa shape index (κ2) is 9.91. The summed E-state index contributed by atoms with van der Waals surface area (Å²) in [7, 11) is 0. The summed E-state index contributed by atoms with van der Waals surface area (Å²) < 4.78 is 16.6. The van der Waals surface area contributed by atoms with Crippen LogP contribution in [0.25, 0.3) is 16.8 Å². The van der Waals surface area contributed by atoms with E-state index < -0.39 is 11.8 Å². The Bertz CT molecular complexity index is 1650. The molecule has 0 spiro atoms. The number of fused-ring (bicyclic) bond motifs is 2. The number of rotatable bonds is 4. The van der Waals surface area contributed by atoms with Crippen molar-refractivity contribution in [2.45, 2.75) is 45.7 Å². The van der Waals surface area contributed by atoms with Gasteiger partial charge in [0.1, 0.15) is 11.6 Å². The third-order valence-corrected chi connectivity index (χ3v) is 7.41. The van der Waals surface area contributed by atoms with Crippen molar-refractivity contribution in [3.05, 3.63) is 94.4 Å². The lowest BCUT2D eigenvalue weighted by molar-refractivity contribution is 0.0965. The molecule has 204 valence electrons. The molecule has 4 aromatic rings. The highest BCUT2D eigenvalue weighted by Crippen LogP contribution is 2.32. The van der Waals surface area contributed by atoms with Gasteiger partial charge in [-0.05, 0) is 71.1 Å². The van der Waals surface area contributed by atoms with E-state index in [4.69, 9.17) is 5.10 Å². The van der Waals surface area contributed by atoms with Gasteiger partial charge in [0.15, 0.2) is 0 Å². The van der Waals surface area contributed by atoms with Crippen LogP contribution in [0, 0.1) is 5.82 Å². The second-order valence-corrected chi connectivity index (χ2v) is 11.2. The first kappa shape index (κ1) is 25.8. The Hall–Kier alpha value is -4.50. The fourth-order valence-corrected chi connectivity index (χ4v) is 5.21. The lowest BCUT2D eigenvalue weighted by Gasteiger charge is -2.19. The molecule has 8 nitrogen and oxygen atoms in total. The molecule has 0 fully saturated rings. The van der Waals surface area contributed by atoms with Gasteiger partial charge in [0.2, 0.25) is 0 Å². The van der Waals surface area contributed by atoms with Crippen molar-refractivity contribution in [2.24, 2.45) is 0 Å². The van der Waals surface area contributed by atoms with Crippen LogP contribution in [-0.4, -0.2) is 28.3 Å². The molecule has 4 N–H and O–H groups in total. The molecule has 6 rings (SSSR count). The van der Waals surface area contributed by atoms with Crippen LogP contribution in [0.1, 0.15) is 53.5 Å². The van der Waals surface area contributed by atoms with Gasteiger partial charge in [0.05, 0.1) is 17.1 Å². The molecule has 0 saturated heterocycles. The molecular weight excluding hydrogens is 507 g/mol. The molecule has 0 radical (unpaired) electrons. The van der Waals surface area contributed by atoms with Crippen LogP contribution < -0.4 is 21.3 Å². The highest BCUT2D eigenvalue weighted by atomic mass is 19.1. The molecule has 3 heterocycles. The van der Waals surface area contributed by atoms with Gasteiger partial charge in [-0.1, -0.05) is 45.0 Å². The van der Waals surface area contributed by atoms with E-state index in [1.54, 1.807) is 28.9 Å². The van der Waals surface area contributed by atoms with E-state index in [1.165, 1.54) is 17.2 Å². The maximum atomic E-state index is 14.9. The monoisotopic (exact) mass is 538 g/mol. The maximum Gasteiger partial charge on any atom is 0.324 e. The van der Waals surface area contributed by atoms with E-state index >= 15 is 0 Å². The SMILES string of the molecule is CC(C)(C)c1cc(NC(=O)Nc2cc(-c3cccc4c3CNC4=O)ccc2F)n(-c2ccc3c(c2)CNCC3)n1. The smallest absolute Gasteiger partial charge is 0.324 e. The molecule has 1 aromatic heterocycles. The molecule has 0 saturated carbocycles. The first-order valence-electron chi connectivity index (χ1n) is 13.4. The first-order chi connectivity index (χ1) is 19.2. The molecule has 3 amide bonds. The minimum Gasteiger partial charge on any atom is -0.348 e. The zero-order valence-electron chi connectivity index (χ0n) is 22.7. The maximum absolute atomic E-state index is 14.9. The van der Waals surface area contributed by atoms with Crippen molar-refractivity contribution in [2.75, 3.05) is 17.2 Å². The van der Waals surface area contributed by atoms with Gasteiger partial charge in [-0.2, -0.15) is 5.10 Å². The third-order valence-electron chi connectivity index (χ3n) is 7.41. The largest absolute Gasteiger partial charge is 0.348 e. The number of hydrogen-bond donors (Lipinski definition) is 4. The number of halogens is 1. The van der Waals surface area contributed by atoms with Gasteiger partial charge < -0.3 is 16.0 Å². The Morgan fingerprint density at radius 1 is 0.975 bits per heavy atom. The molecule has 2 aliphatic heterocycles. The van der Waals surface area contributed by atoms with Crippen LogP contribution in [-0.2, 0) is 24.9 Å². The van der Waals surface area contributed by atoms with Crippen molar-refractivity contribution in [3.8, 4) is 16.8 Å². The van der Waals surface area contributed by atoms with Crippen LogP contribution in [0.3, 0.4) is 0 Å². The highest BCUT2D eigenvalue weighted by molar-refractivity contribution is 6.01. The topological polar surface area (TPSA) is 100 Å². The summed E-state index contributed by atoms with van der Waals surface area (Å²) in [5, 5.41) is 16.6. The summed E-state index contributed by atoms with van der Waals surface area (Å²) in [6, 6.07) is 17.5. The number of amides is 3. The third kappa shape index (κ3) is 4.84. The Balaban J connectivity index is 1.29. The quantitative estimate of drug-likeness (QED) is 0.275. The number of nitrogens with zero attached hydrogens (tertiary/aromatic N) is 2. The molecule has 3 aromatic carbocycles. The normalized spacial score (nSPS) is 14.3. The minimum atomic E-state index is -0.590. The zero-order valence-corrected chi connectivity index (χ0v) is 22.7. The van der Waals surface area contributed by atoms with Crippen molar-refractivity contribution in [1.29, 1.82) is 0 Å². The molecule has 40 heavy (non-hydrogen) atoms. The Labute approximate surface area is 232 Å². The van der Waals surface area contributed by atoms with Crippen molar-refractivity contribution < 1.29 is 14.0 Å². The molecule has 0 atom stereocenters. The Kier molecular flexibility index (Phi) is 6.38. The van der Waals surface area contributed by atoms with E-state index in [2.05, 4.69) is 54.2 Å². The number of urea groups is 1. The number of aromatic nitrogens is 2. The first-order valence-corrected chi connectivity index (χ1v) is 13.4. The van der Waals surface area contributed by atoms with E-state index in [1.807, 2.05) is 18.2 Å². The standard InChI is InChI=1S/C31H31FN6O2/c1-31(2,3)27-15-28(38(37-27)21-9-7-18-11-12-33-16-20(18)13-21)36-30(40)35-26-14-19(8-10-25(26)32)22-5-4-6-23-24(22)17-34-29(23)39/h4-10,13-15,33H,11-12,16-17H2,1-3H3,(H,34,39)(H2,35,36,40). The minimum absolute atomic E-state index is 0.0341. The summed E-state index contributed by atoms with van der Waals surface area (Å²) in [4.78, 5) is 25.3. The fourth-order valence-electron chi connectivity index (χ4n) is 5.21. The highest BCUT2D eigenvalue weighted by Gasteiger charge is 2.24. The van der Waals surface area contributed by atoms with E-state index in [0.717, 1.165) is 42.0 Å². The average molecular weight is 539 g/mol. The van der Waals surface area contributed by atoms with Gasteiger partial charge in [0.25, 0.3) is 5.91 Å². The number of nitrogens with one attached hydrogen (secondary N) is 4. The van der Waals surface area contributed by atoms with Crippen molar-refractivity contribution >= 4 is 23.4 Å². The Morgan fingerprint density at radius 3 is 2.62 bits per heavy atom. The van der Waals surface area contributed by atoms with Gasteiger partial charge >= 0.3 is 6.03 Å². The van der Waals surface area contributed by atoms with E-state index in [9.17, 15) is 14.0 Å². The number of anilines is 2. The van der Waals surface area contributed by atoms with Gasteiger partial charge in [-0.15, -0.1) is 0 Å².